The average Bonchev–Trinajstić information content (AvgIpc) is 2.90. The highest BCUT2D eigenvalue weighted by Gasteiger charge is 2.29. The summed E-state index contributed by atoms with van der Waals surface area (Å²) in [4.78, 5) is 12.1. The average molecular weight is 313 g/mol. The highest BCUT2D eigenvalue weighted by atomic mass is 35.5. The van der Waals surface area contributed by atoms with Crippen LogP contribution < -0.4 is 15.8 Å². The van der Waals surface area contributed by atoms with Crippen LogP contribution in [0.1, 0.15) is 26.7 Å². The van der Waals surface area contributed by atoms with E-state index in [1.807, 2.05) is 13.8 Å². The molecule has 2 atom stereocenters. The van der Waals surface area contributed by atoms with Gasteiger partial charge in [-0.25, -0.2) is 0 Å². The number of halogens is 1. The Kier molecular flexibility index (Phi) is 5.45. The minimum absolute atomic E-state index is 0.0221. The van der Waals surface area contributed by atoms with E-state index in [2.05, 4.69) is 5.32 Å². The summed E-state index contributed by atoms with van der Waals surface area (Å²) < 4.78 is 11.1. The zero-order chi connectivity index (χ0) is 15.4. The number of carbonyl (C=O) groups is 1. The molecule has 0 aliphatic carbocycles. The normalized spacial score (nSPS) is 21.6. The number of rotatable bonds is 5. The Morgan fingerprint density at radius 1 is 1.52 bits per heavy atom. The maximum absolute atomic E-state index is 12.1. The summed E-state index contributed by atoms with van der Waals surface area (Å²) in [5.74, 6) is 0.435. The summed E-state index contributed by atoms with van der Waals surface area (Å²) >= 11 is 6.14. The van der Waals surface area contributed by atoms with Crippen LogP contribution in [-0.2, 0) is 9.53 Å². The molecule has 6 heteroatoms. The largest absolute Gasteiger partial charge is 0.489 e. The van der Waals surface area contributed by atoms with Crippen molar-refractivity contribution in [3.05, 3.63) is 23.2 Å². The number of nitrogens with two attached hydrogens (primary N) is 1. The van der Waals surface area contributed by atoms with Gasteiger partial charge in [-0.05, 0) is 44.9 Å². The van der Waals surface area contributed by atoms with Crippen LogP contribution in [0.25, 0.3) is 0 Å². The molecule has 0 bridgehead atoms. The van der Waals surface area contributed by atoms with Crippen LogP contribution in [0.5, 0.6) is 5.75 Å². The van der Waals surface area contributed by atoms with Gasteiger partial charge in [-0.1, -0.05) is 11.6 Å². The Hall–Kier alpha value is -1.30. The summed E-state index contributed by atoms with van der Waals surface area (Å²) in [7, 11) is 0. The van der Waals surface area contributed by atoms with Crippen LogP contribution in [0.4, 0.5) is 5.69 Å². The number of hydrogen-bond acceptors (Lipinski definition) is 4. The summed E-state index contributed by atoms with van der Waals surface area (Å²) in [6, 6.07) is 5.18. The van der Waals surface area contributed by atoms with Crippen LogP contribution in [0.3, 0.4) is 0 Å². The Labute approximate surface area is 129 Å². The van der Waals surface area contributed by atoms with Crippen molar-refractivity contribution in [2.75, 3.05) is 11.9 Å². The molecule has 3 N–H and O–H groups in total. The summed E-state index contributed by atoms with van der Waals surface area (Å²) in [6.07, 6.45) is 1.09. The molecule has 1 aromatic rings. The van der Waals surface area contributed by atoms with Gasteiger partial charge in [0.15, 0.2) is 0 Å². The lowest BCUT2D eigenvalue weighted by Gasteiger charge is -2.15. The molecular weight excluding hydrogens is 292 g/mol. The Morgan fingerprint density at radius 2 is 2.29 bits per heavy atom. The molecule has 1 aliphatic heterocycles. The van der Waals surface area contributed by atoms with Crippen molar-refractivity contribution in [1.82, 2.24) is 0 Å². The van der Waals surface area contributed by atoms with Crippen molar-refractivity contribution in [3.8, 4) is 5.75 Å². The zero-order valence-electron chi connectivity index (χ0n) is 12.3. The van der Waals surface area contributed by atoms with Crippen molar-refractivity contribution >= 4 is 23.2 Å². The molecule has 0 aromatic heterocycles. The number of ether oxygens (including phenoxy) is 2. The van der Waals surface area contributed by atoms with E-state index in [0.717, 1.165) is 6.42 Å². The lowest BCUT2D eigenvalue weighted by Crippen LogP contribution is -2.29. The molecule has 2 rings (SSSR count). The van der Waals surface area contributed by atoms with Crippen molar-refractivity contribution < 1.29 is 14.3 Å². The maximum atomic E-state index is 12.1. The van der Waals surface area contributed by atoms with Crippen LogP contribution >= 0.6 is 11.6 Å². The van der Waals surface area contributed by atoms with Crippen LogP contribution in [0, 0.1) is 0 Å². The molecule has 0 saturated carbocycles. The van der Waals surface area contributed by atoms with Crippen molar-refractivity contribution in [2.24, 2.45) is 5.73 Å². The zero-order valence-corrected chi connectivity index (χ0v) is 13.0. The Bertz CT molecular complexity index is 508. The second kappa shape index (κ2) is 7.11. The molecule has 0 spiro atoms. The molecule has 1 aromatic carbocycles. The molecule has 116 valence electrons. The van der Waals surface area contributed by atoms with E-state index in [0.29, 0.717) is 29.4 Å². The number of carbonyl (C=O) groups excluding carboxylic acids is 1. The maximum Gasteiger partial charge on any atom is 0.253 e. The first-order chi connectivity index (χ1) is 9.99. The SMILES string of the molecule is CC(C)Oc1ccc(NC(=O)[C@@H]2CC[C@H](CN)O2)cc1Cl. The Balaban J connectivity index is 1.97. The van der Waals surface area contributed by atoms with E-state index in [-0.39, 0.29) is 18.1 Å². The monoisotopic (exact) mass is 312 g/mol. The topological polar surface area (TPSA) is 73.6 Å². The Morgan fingerprint density at radius 3 is 2.86 bits per heavy atom. The minimum Gasteiger partial charge on any atom is -0.489 e. The van der Waals surface area contributed by atoms with Gasteiger partial charge in [-0.2, -0.15) is 0 Å². The molecule has 1 amide bonds. The first kappa shape index (κ1) is 16.1. The van der Waals surface area contributed by atoms with Gasteiger partial charge in [0, 0.05) is 12.2 Å². The van der Waals surface area contributed by atoms with Gasteiger partial charge in [-0.15, -0.1) is 0 Å². The van der Waals surface area contributed by atoms with Crippen molar-refractivity contribution in [1.29, 1.82) is 0 Å². The number of anilines is 1. The predicted octanol–water partition coefficient (Wildman–Crippen LogP) is 2.57. The van der Waals surface area contributed by atoms with Gasteiger partial charge in [0.1, 0.15) is 11.9 Å². The van der Waals surface area contributed by atoms with Gasteiger partial charge in [0.2, 0.25) is 0 Å². The third-order valence-electron chi connectivity index (χ3n) is 3.22. The highest BCUT2D eigenvalue weighted by Crippen LogP contribution is 2.29. The number of hydrogen-bond donors (Lipinski definition) is 2. The van der Waals surface area contributed by atoms with E-state index in [1.54, 1.807) is 18.2 Å². The standard InChI is InChI=1S/C15H21ClN2O3/c1-9(2)20-13-5-3-10(7-12(13)16)18-15(19)14-6-4-11(8-17)21-14/h3,5,7,9,11,14H,4,6,8,17H2,1-2H3,(H,18,19)/t11-,14+/m1/s1. The highest BCUT2D eigenvalue weighted by molar-refractivity contribution is 6.32. The van der Waals surface area contributed by atoms with E-state index >= 15 is 0 Å². The predicted molar refractivity (Wildman–Crippen MR) is 82.8 cm³/mol. The number of amides is 1. The minimum atomic E-state index is -0.441. The molecule has 0 unspecified atom stereocenters. The van der Waals surface area contributed by atoms with E-state index in [9.17, 15) is 4.79 Å². The second-order valence-corrected chi connectivity index (χ2v) is 5.77. The number of nitrogens with one attached hydrogen (secondary N) is 1. The molecule has 21 heavy (non-hydrogen) atoms. The number of benzene rings is 1. The lowest BCUT2D eigenvalue weighted by atomic mass is 10.2. The van der Waals surface area contributed by atoms with E-state index < -0.39 is 6.10 Å². The quantitative estimate of drug-likeness (QED) is 0.876. The molecule has 1 aliphatic rings. The summed E-state index contributed by atoms with van der Waals surface area (Å²) in [6.45, 7) is 4.30. The molecule has 0 radical (unpaired) electrons. The van der Waals surface area contributed by atoms with E-state index in [1.165, 1.54) is 0 Å². The van der Waals surface area contributed by atoms with Gasteiger partial charge in [-0.3, -0.25) is 4.79 Å². The summed E-state index contributed by atoms with van der Waals surface area (Å²) in [5, 5.41) is 3.27. The molecule has 1 saturated heterocycles. The third kappa shape index (κ3) is 4.33. The van der Waals surface area contributed by atoms with Crippen LogP contribution in [0.15, 0.2) is 18.2 Å². The van der Waals surface area contributed by atoms with Gasteiger partial charge in [0.25, 0.3) is 5.91 Å². The van der Waals surface area contributed by atoms with Gasteiger partial charge >= 0.3 is 0 Å². The fourth-order valence-corrected chi connectivity index (χ4v) is 2.45. The smallest absolute Gasteiger partial charge is 0.253 e. The summed E-state index contributed by atoms with van der Waals surface area (Å²) in [5.41, 5.74) is 6.16. The van der Waals surface area contributed by atoms with E-state index in [4.69, 9.17) is 26.8 Å². The van der Waals surface area contributed by atoms with Gasteiger partial charge < -0.3 is 20.5 Å². The lowest BCUT2D eigenvalue weighted by molar-refractivity contribution is -0.126. The fourth-order valence-electron chi connectivity index (χ4n) is 2.22. The first-order valence-corrected chi connectivity index (χ1v) is 7.50. The molecule has 1 fully saturated rings. The first-order valence-electron chi connectivity index (χ1n) is 7.12. The van der Waals surface area contributed by atoms with Crippen molar-refractivity contribution in [3.63, 3.8) is 0 Å². The molecule has 5 nitrogen and oxygen atoms in total. The molecular formula is C15H21ClN2O3. The fraction of sp³-hybridized carbons (Fsp3) is 0.533. The molecule has 1 heterocycles. The van der Waals surface area contributed by atoms with Gasteiger partial charge in [0.05, 0.1) is 17.2 Å². The van der Waals surface area contributed by atoms with Crippen LogP contribution in [-0.4, -0.2) is 30.8 Å². The van der Waals surface area contributed by atoms with Crippen molar-refractivity contribution in [2.45, 2.75) is 45.0 Å². The second-order valence-electron chi connectivity index (χ2n) is 5.36. The van der Waals surface area contributed by atoms with Crippen LogP contribution in [0.2, 0.25) is 5.02 Å². The third-order valence-corrected chi connectivity index (χ3v) is 3.52.